The van der Waals surface area contributed by atoms with Crippen molar-refractivity contribution in [1.82, 2.24) is 9.80 Å². The van der Waals surface area contributed by atoms with E-state index in [-0.39, 0.29) is 35.5 Å². The number of aliphatic hydroxyl groups is 1. The van der Waals surface area contributed by atoms with E-state index in [1.165, 1.54) is 21.6 Å². The van der Waals surface area contributed by atoms with Gasteiger partial charge in [-0.05, 0) is 97.5 Å². The predicted molar refractivity (Wildman–Crippen MR) is 154 cm³/mol. The van der Waals surface area contributed by atoms with Crippen LogP contribution >= 0.6 is 23.5 Å². The second kappa shape index (κ2) is 12.7. The van der Waals surface area contributed by atoms with Crippen LogP contribution in [0.5, 0.6) is 0 Å². The first kappa shape index (κ1) is 31.0. The minimum atomic E-state index is -0.636. The highest BCUT2D eigenvalue weighted by Gasteiger charge is 2.44. The first-order valence-electron chi connectivity index (χ1n) is 13.9. The predicted octanol–water partition coefficient (Wildman–Crippen LogP) is 5.28. The van der Waals surface area contributed by atoms with Gasteiger partial charge in [-0.2, -0.15) is 0 Å². The van der Waals surface area contributed by atoms with Crippen molar-refractivity contribution in [2.24, 2.45) is 11.8 Å². The topological polar surface area (TPSA) is 95.0 Å². The molecule has 1 fully saturated rings. The molecular weight excluding hydrogens is 520 g/mol. The summed E-state index contributed by atoms with van der Waals surface area (Å²) in [4.78, 5) is 56.4. The van der Waals surface area contributed by atoms with Crippen molar-refractivity contribution in [3.05, 3.63) is 22.0 Å². The molecule has 9 heteroatoms. The molecule has 0 aromatic rings. The number of hydrogen-bond acceptors (Lipinski definition) is 7. The van der Waals surface area contributed by atoms with E-state index in [1.54, 1.807) is 23.9 Å². The highest BCUT2D eigenvalue weighted by Crippen LogP contribution is 2.41. The summed E-state index contributed by atoms with van der Waals surface area (Å²) >= 11 is 3.08. The number of carbonyl (C=O) groups excluding carboxylic acids is 4. The Hall–Kier alpha value is -1.58. The number of fused-ring (bicyclic) bond motifs is 1. The molecule has 3 aliphatic rings. The Morgan fingerprint density at radius 3 is 2.08 bits per heavy atom. The molecule has 0 radical (unpaired) electrons. The molecule has 0 saturated carbocycles. The molecule has 212 valence electrons. The second-order valence-electron chi connectivity index (χ2n) is 11.9. The van der Waals surface area contributed by atoms with Gasteiger partial charge in [0, 0.05) is 33.0 Å². The van der Waals surface area contributed by atoms with E-state index >= 15 is 0 Å². The van der Waals surface area contributed by atoms with E-state index in [0.717, 1.165) is 28.4 Å². The molecule has 3 atom stereocenters. The van der Waals surface area contributed by atoms with Crippen molar-refractivity contribution in [3.63, 3.8) is 0 Å². The van der Waals surface area contributed by atoms with Gasteiger partial charge in [0.15, 0.2) is 0 Å². The molecule has 3 aliphatic heterocycles. The van der Waals surface area contributed by atoms with E-state index in [1.807, 2.05) is 40.9 Å². The molecule has 0 bridgehead atoms. The highest BCUT2D eigenvalue weighted by molar-refractivity contribution is 8.03. The molecule has 1 N–H and O–H groups in total. The lowest BCUT2D eigenvalue weighted by molar-refractivity contribution is -0.153. The largest absolute Gasteiger partial charge is 0.393 e. The van der Waals surface area contributed by atoms with Gasteiger partial charge in [0.2, 0.25) is 11.8 Å². The van der Waals surface area contributed by atoms with E-state index < -0.39 is 17.2 Å². The molecule has 7 nitrogen and oxygen atoms in total. The van der Waals surface area contributed by atoms with Crippen LogP contribution in [0.15, 0.2) is 22.0 Å². The Morgan fingerprint density at radius 2 is 1.53 bits per heavy atom. The third-order valence-electron chi connectivity index (χ3n) is 8.11. The number of amides is 4. The van der Waals surface area contributed by atoms with Gasteiger partial charge < -0.3 is 5.11 Å². The maximum Gasteiger partial charge on any atom is 0.254 e. The lowest BCUT2D eigenvalue weighted by Gasteiger charge is -2.42. The summed E-state index contributed by atoms with van der Waals surface area (Å²) in [7, 11) is 0. The Kier molecular flexibility index (Phi) is 10.4. The van der Waals surface area contributed by atoms with Crippen LogP contribution in [0.1, 0.15) is 92.4 Å². The maximum absolute atomic E-state index is 13.1. The molecule has 4 amide bonds. The van der Waals surface area contributed by atoms with E-state index in [0.29, 0.717) is 44.9 Å². The molecule has 3 rings (SSSR count). The highest BCUT2D eigenvalue weighted by atomic mass is 32.2. The zero-order chi connectivity index (χ0) is 28.3. The van der Waals surface area contributed by atoms with Gasteiger partial charge in [-0.15, -0.1) is 23.5 Å². The molecule has 0 aromatic carbocycles. The Labute approximate surface area is 236 Å². The lowest BCUT2D eigenvalue weighted by atomic mass is 9.87. The average molecular weight is 565 g/mol. The molecule has 3 heterocycles. The van der Waals surface area contributed by atoms with Crippen molar-refractivity contribution < 1.29 is 24.3 Å². The van der Waals surface area contributed by atoms with Gasteiger partial charge in [-0.1, -0.05) is 6.92 Å². The molecule has 3 unspecified atom stereocenters. The monoisotopic (exact) mass is 564 g/mol. The zero-order valence-electron chi connectivity index (χ0n) is 23.7. The number of carbonyl (C=O) groups is 4. The van der Waals surface area contributed by atoms with Crippen LogP contribution in [0.25, 0.3) is 0 Å². The fraction of sp³-hybridized carbons (Fsp3) is 0.724. The maximum atomic E-state index is 13.1. The molecule has 0 aromatic heterocycles. The van der Waals surface area contributed by atoms with Gasteiger partial charge in [0.1, 0.15) is 0 Å². The summed E-state index contributed by atoms with van der Waals surface area (Å²) in [5.41, 5.74) is -1.25. The minimum absolute atomic E-state index is 0.0842. The Balaban J connectivity index is 1.49. The molecular formula is C29H44N2O5S2. The lowest BCUT2D eigenvalue weighted by Crippen LogP contribution is -2.55. The fourth-order valence-corrected chi connectivity index (χ4v) is 7.83. The first-order chi connectivity index (χ1) is 17.8. The van der Waals surface area contributed by atoms with E-state index in [9.17, 15) is 24.3 Å². The SMILES string of the molecule is CCC1C(=O)N(C(C)(C)CCCC(O)CCCC(C)(C)N2C(=O)C=C3SCCCC3C2=O)C(=O)C=C1SC. The van der Waals surface area contributed by atoms with Crippen LogP contribution in [0.3, 0.4) is 0 Å². The quantitative estimate of drug-likeness (QED) is 0.322. The smallest absolute Gasteiger partial charge is 0.254 e. The van der Waals surface area contributed by atoms with Crippen LogP contribution < -0.4 is 0 Å². The van der Waals surface area contributed by atoms with E-state index in [4.69, 9.17) is 0 Å². The van der Waals surface area contributed by atoms with Crippen molar-refractivity contribution in [3.8, 4) is 0 Å². The third-order valence-corrected chi connectivity index (χ3v) is 10.2. The van der Waals surface area contributed by atoms with Crippen LogP contribution in [0.2, 0.25) is 0 Å². The summed E-state index contributed by atoms with van der Waals surface area (Å²) in [5, 5.41) is 10.7. The Morgan fingerprint density at radius 1 is 0.974 bits per heavy atom. The standard InChI is InChI=1S/C29H44N2O5S2/c1-7-20-22(37-6)17-24(33)30(26(20)35)28(2,3)14-8-11-19(32)12-9-15-29(4,5)31-25(34)18-23-21(27(31)36)13-10-16-38-23/h17-21,32H,7-16H2,1-6H3. The van der Waals surface area contributed by atoms with Gasteiger partial charge in [-0.3, -0.25) is 29.0 Å². The molecule has 0 aliphatic carbocycles. The van der Waals surface area contributed by atoms with Crippen LogP contribution in [0.4, 0.5) is 0 Å². The van der Waals surface area contributed by atoms with Gasteiger partial charge in [0.25, 0.3) is 11.8 Å². The van der Waals surface area contributed by atoms with Crippen LogP contribution in [-0.2, 0) is 19.2 Å². The number of rotatable bonds is 12. The number of thioether (sulfide) groups is 2. The van der Waals surface area contributed by atoms with E-state index in [2.05, 4.69) is 0 Å². The number of hydrogen-bond donors (Lipinski definition) is 1. The summed E-state index contributed by atoms with van der Waals surface area (Å²) < 4.78 is 0. The Bertz CT molecular complexity index is 941. The zero-order valence-corrected chi connectivity index (χ0v) is 25.4. The minimum Gasteiger partial charge on any atom is -0.393 e. The van der Waals surface area contributed by atoms with Crippen molar-refractivity contribution in [2.45, 2.75) is 110 Å². The fourth-order valence-electron chi connectivity index (χ4n) is 5.91. The molecule has 1 saturated heterocycles. The average Bonchev–Trinajstić information content (AvgIpc) is 2.83. The van der Waals surface area contributed by atoms with Crippen molar-refractivity contribution in [2.75, 3.05) is 12.0 Å². The second-order valence-corrected chi connectivity index (χ2v) is 13.9. The number of nitrogens with zero attached hydrogens (tertiary/aromatic N) is 2. The third kappa shape index (κ3) is 6.76. The first-order valence-corrected chi connectivity index (χ1v) is 16.1. The van der Waals surface area contributed by atoms with Crippen molar-refractivity contribution in [1.29, 1.82) is 0 Å². The number of aliphatic hydroxyl groups excluding tert-OH is 1. The molecule has 0 spiro atoms. The summed E-state index contributed by atoms with van der Waals surface area (Å²) in [6, 6.07) is 0. The normalized spacial score (nSPS) is 23.9. The van der Waals surface area contributed by atoms with Crippen LogP contribution in [-0.4, -0.2) is 67.7 Å². The summed E-state index contributed by atoms with van der Waals surface area (Å²) in [5.74, 6) is -0.196. The van der Waals surface area contributed by atoms with Gasteiger partial charge in [0.05, 0.1) is 17.9 Å². The van der Waals surface area contributed by atoms with Gasteiger partial charge >= 0.3 is 0 Å². The number of imide groups is 2. The van der Waals surface area contributed by atoms with Crippen LogP contribution in [0, 0.1) is 11.8 Å². The summed E-state index contributed by atoms with van der Waals surface area (Å²) in [6.07, 6.45) is 10.8. The van der Waals surface area contributed by atoms with Gasteiger partial charge in [-0.25, -0.2) is 0 Å². The summed E-state index contributed by atoms with van der Waals surface area (Å²) in [6.45, 7) is 9.66. The molecule has 38 heavy (non-hydrogen) atoms. The van der Waals surface area contributed by atoms with Crippen molar-refractivity contribution >= 4 is 47.2 Å².